The summed E-state index contributed by atoms with van der Waals surface area (Å²) in [7, 11) is 0. The molecule has 9 heteroatoms. The standard InChI is InChI=1S/C20H27F3N2O4/c1-2-7-25-17(26)9-13-8-15-19(28-13)18(27)16(29-15)11-24-10-12-5-3-4-6-14(12)20(21,22)23/h3-6,13,15-16,18-19,24,27H,2,7-11H2,1H3,(H,25,26)/t13-,15-,16-,18-,19+/m1/s1. The molecular weight excluding hydrogens is 389 g/mol. The number of carbonyl (C=O) groups is 1. The fraction of sp³-hybridized carbons (Fsp3) is 0.650. The summed E-state index contributed by atoms with van der Waals surface area (Å²) in [5, 5.41) is 16.2. The van der Waals surface area contributed by atoms with E-state index in [2.05, 4.69) is 10.6 Å². The first-order chi connectivity index (χ1) is 13.8. The van der Waals surface area contributed by atoms with Gasteiger partial charge in [-0.3, -0.25) is 4.79 Å². The zero-order valence-electron chi connectivity index (χ0n) is 16.2. The molecule has 0 bridgehead atoms. The molecule has 5 atom stereocenters. The summed E-state index contributed by atoms with van der Waals surface area (Å²) in [6.07, 6.45) is -5.43. The lowest BCUT2D eigenvalue weighted by Crippen LogP contribution is -2.39. The number of amides is 1. The minimum atomic E-state index is -4.41. The van der Waals surface area contributed by atoms with Crippen LogP contribution in [-0.2, 0) is 27.0 Å². The number of ether oxygens (including phenoxy) is 2. The molecule has 0 saturated carbocycles. The summed E-state index contributed by atoms with van der Waals surface area (Å²) in [5.74, 6) is -0.0899. The number of rotatable bonds is 8. The molecule has 3 N–H and O–H groups in total. The molecule has 0 aromatic heterocycles. The molecule has 2 saturated heterocycles. The van der Waals surface area contributed by atoms with Crippen LogP contribution in [0.4, 0.5) is 13.2 Å². The van der Waals surface area contributed by atoms with Gasteiger partial charge in [0.1, 0.15) is 12.2 Å². The van der Waals surface area contributed by atoms with E-state index in [-0.39, 0.29) is 43.2 Å². The van der Waals surface area contributed by atoms with E-state index >= 15 is 0 Å². The average Bonchev–Trinajstić information content (AvgIpc) is 3.18. The van der Waals surface area contributed by atoms with Crippen molar-refractivity contribution in [2.75, 3.05) is 13.1 Å². The second-order valence-electron chi connectivity index (χ2n) is 7.50. The van der Waals surface area contributed by atoms with Gasteiger partial charge < -0.3 is 25.2 Å². The van der Waals surface area contributed by atoms with Crippen LogP contribution in [0.25, 0.3) is 0 Å². The number of alkyl halides is 3. The molecule has 2 fully saturated rings. The maximum Gasteiger partial charge on any atom is 0.416 e. The van der Waals surface area contributed by atoms with Crippen molar-refractivity contribution in [1.29, 1.82) is 0 Å². The number of carbonyl (C=O) groups excluding carboxylic acids is 1. The third-order valence-corrected chi connectivity index (χ3v) is 5.25. The maximum atomic E-state index is 13.1. The molecule has 162 valence electrons. The van der Waals surface area contributed by atoms with Crippen LogP contribution in [0, 0.1) is 0 Å². The Morgan fingerprint density at radius 1 is 1.28 bits per heavy atom. The number of nitrogens with one attached hydrogen (secondary N) is 2. The van der Waals surface area contributed by atoms with E-state index < -0.39 is 30.1 Å². The van der Waals surface area contributed by atoms with Crippen LogP contribution in [0.15, 0.2) is 24.3 Å². The van der Waals surface area contributed by atoms with Gasteiger partial charge in [0.25, 0.3) is 0 Å². The molecule has 1 aromatic rings. The summed E-state index contributed by atoms with van der Waals surface area (Å²) in [5.41, 5.74) is -0.535. The fourth-order valence-corrected chi connectivity index (χ4v) is 3.85. The molecule has 29 heavy (non-hydrogen) atoms. The highest BCUT2D eigenvalue weighted by atomic mass is 19.4. The number of halogens is 3. The smallest absolute Gasteiger partial charge is 0.388 e. The van der Waals surface area contributed by atoms with Gasteiger partial charge in [0.15, 0.2) is 0 Å². The van der Waals surface area contributed by atoms with Crippen LogP contribution in [0.5, 0.6) is 0 Å². The molecule has 0 radical (unpaired) electrons. The minimum absolute atomic E-state index is 0.0126. The van der Waals surface area contributed by atoms with Gasteiger partial charge in [0.05, 0.1) is 30.3 Å². The summed E-state index contributed by atoms with van der Waals surface area (Å²) in [4.78, 5) is 11.8. The Morgan fingerprint density at radius 2 is 2.03 bits per heavy atom. The molecule has 2 heterocycles. The monoisotopic (exact) mass is 416 g/mol. The van der Waals surface area contributed by atoms with Crippen LogP contribution in [0.3, 0.4) is 0 Å². The quantitative estimate of drug-likeness (QED) is 0.604. The fourth-order valence-electron chi connectivity index (χ4n) is 3.85. The first-order valence-electron chi connectivity index (χ1n) is 9.91. The third kappa shape index (κ3) is 5.48. The highest BCUT2D eigenvalue weighted by molar-refractivity contribution is 5.76. The summed E-state index contributed by atoms with van der Waals surface area (Å²) >= 11 is 0. The molecule has 2 aliphatic heterocycles. The van der Waals surface area contributed by atoms with Crippen molar-refractivity contribution in [1.82, 2.24) is 10.6 Å². The number of hydrogen-bond donors (Lipinski definition) is 3. The van der Waals surface area contributed by atoms with Crippen molar-refractivity contribution in [3.8, 4) is 0 Å². The Kier molecular flexibility index (Phi) is 7.15. The van der Waals surface area contributed by atoms with Gasteiger partial charge >= 0.3 is 6.18 Å². The number of aliphatic hydroxyl groups is 1. The Labute approximate surface area is 167 Å². The van der Waals surface area contributed by atoms with E-state index in [0.717, 1.165) is 12.5 Å². The SMILES string of the molecule is CCCNC(=O)C[C@H]1C[C@H]2O[C@H](CNCc3ccccc3C(F)(F)F)[C@@H](O)[C@H]2O1. The molecule has 3 rings (SSSR count). The second-order valence-corrected chi connectivity index (χ2v) is 7.50. The van der Waals surface area contributed by atoms with E-state index in [1.165, 1.54) is 12.1 Å². The lowest BCUT2D eigenvalue weighted by molar-refractivity contribution is -0.138. The molecule has 2 aliphatic rings. The normalized spacial score (nSPS) is 29.1. The summed E-state index contributed by atoms with van der Waals surface area (Å²) in [6.45, 7) is 2.80. The Bertz CT molecular complexity index is 701. The first-order valence-corrected chi connectivity index (χ1v) is 9.91. The second kappa shape index (κ2) is 9.42. The van der Waals surface area contributed by atoms with E-state index in [9.17, 15) is 23.1 Å². The van der Waals surface area contributed by atoms with Crippen LogP contribution in [0.2, 0.25) is 0 Å². The molecular formula is C20H27F3N2O4. The van der Waals surface area contributed by atoms with Gasteiger partial charge in [-0.2, -0.15) is 13.2 Å². The van der Waals surface area contributed by atoms with Crippen molar-refractivity contribution >= 4 is 5.91 Å². The first kappa shape index (κ1) is 22.0. The average molecular weight is 416 g/mol. The minimum Gasteiger partial charge on any atom is -0.388 e. The largest absolute Gasteiger partial charge is 0.416 e. The number of benzene rings is 1. The number of aliphatic hydroxyl groups excluding tert-OH is 1. The van der Waals surface area contributed by atoms with E-state index in [4.69, 9.17) is 9.47 Å². The molecule has 1 aromatic carbocycles. The van der Waals surface area contributed by atoms with Crippen LogP contribution in [0.1, 0.15) is 37.3 Å². The van der Waals surface area contributed by atoms with Crippen LogP contribution < -0.4 is 10.6 Å². The number of hydrogen-bond acceptors (Lipinski definition) is 5. The maximum absolute atomic E-state index is 13.1. The predicted octanol–water partition coefficient (Wildman–Crippen LogP) is 2.00. The molecule has 6 nitrogen and oxygen atoms in total. The van der Waals surface area contributed by atoms with Gasteiger partial charge in [0, 0.05) is 26.1 Å². The molecule has 0 unspecified atom stereocenters. The van der Waals surface area contributed by atoms with E-state index in [1.54, 1.807) is 6.07 Å². The van der Waals surface area contributed by atoms with Gasteiger partial charge in [0.2, 0.25) is 5.91 Å². The molecule has 0 spiro atoms. The lowest BCUT2D eigenvalue weighted by atomic mass is 10.1. The van der Waals surface area contributed by atoms with Crippen molar-refractivity contribution < 1.29 is 32.5 Å². The van der Waals surface area contributed by atoms with Gasteiger partial charge in [-0.05, 0) is 18.1 Å². The van der Waals surface area contributed by atoms with Gasteiger partial charge in [-0.15, -0.1) is 0 Å². The topological polar surface area (TPSA) is 79.8 Å². The van der Waals surface area contributed by atoms with Crippen molar-refractivity contribution in [2.45, 2.75) is 69.4 Å². The summed E-state index contributed by atoms with van der Waals surface area (Å²) < 4.78 is 50.8. The van der Waals surface area contributed by atoms with Crippen LogP contribution >= 0.6 is 0 Å². The van der Waals surface area contributed by atoms with E-state index in [1.807, 2.05) is 6.92 Å². The lowest BCUT2D eigenvalue weighted by Gasteiger charge is -2.20. The van der Waals surface area contributed by atoms with Crippen molar-refractivity contribution in [2.24, 2.45) is 0 Å². The highest BCUT2D eigenvalue weighted by Crippen LogP contribution is 2.35. The van der Waals surface area contributed by atoms with E-state index in [0.29, 0.717) is 13.0 Å². The zero-order valence-corrected chi connectivity index (χ0v) is 16.2. The molecule has 0 aliphatic carbocycles. The van der Waals surface area contributed by atoms with Crippen molar-refractivity contribution in [3.63, 3.8) is 0 Å². The third-order valence-electron chi connectivity index (χ3n) is 5.25. The van der Waals surface area contributed by atoms with Crippen LogP contribution in [-0.4, -0.2) is 54.6 Å². The Hall–Kier alpha value is -1.68. The zero-order chi connectivity index (χ0) is 21.0. The van der Waals surface area contributed by atoms with Gasteiger partial charge in [-0.1, -0.05) is 25.1 Å². The van der Waals surface area contributed by atoms with Gasteiger partial charge in [-0.25, -0.2) is 0 Å². The predicted molar refractivity (Wildman–Crippen MR) is 99.0 cm³/mol. The summed E-state index contributed by atoms with van der Waals surface area (Å²) in [6, 6.07) is 5.39. The molecule has 1 amide bonds. The number of fused-ring (bicyclic) bond motifs is 1. The highest BCUT2D eigenvalue weighted by Gasteiger charge is 2.50. The van der Waals surface area contributed by atoms with Crippen molar-refractivity contribution in [3.05, 3.63) is 35.4 Å². The Morgan fingerprint density at radius 3 is 2.72 bits per heavy atom. The Balaban J connectivity index is 1.46.